The lowest BCUT2D eigenvalue weighted by Crippen LogP contribution is -2.38. The van der Waals surface area contributed by atoms with Crippen molar-refractivity contribution < 1.29 is 9.53 Å². The van der Waals surface area contributed by atoms with Crippen molar-refractivity contribution in [3.05, 3.63) is 35.7 Å². The van der Waals surface area contributed by atoms with Crippen molar-refractivity contribution in [1.82, 2.24) is 20.1 Å². The normalized spacial score (nSPS) is 14.5. The van der Waals surface area contributed by atoms with Crippen molar-refractivity contribution in [2.75, 3.05) is 36.5 Å². The van der Waals surface area contributed by atoms with Crippen LogP contribution in [0.3, 0.4) is 0 Å². The zero-order valence-electron chi connectivity index (χ0n) is 14.0. The summed E-state index contributed by atoms with van der Waals surface area (Å²) >= 11 is 0. The van der Waals surface area contributed by atoms with E-state index in [9.17, 15) is 4.79 Å². The average molecular weight is 330 g/mol. The summed E-state index contributed by atoms with van der Waals surface area (Å²) < 4.78 is 7.02. The first-order valence-electron chi connectivity index (χ1n) is 7.95. The van der Waals surface area contributed by atoms with Crippen molar-refractivity contribution in [1.29, 1.82) is 0 Å². The van der Waals surface area contributed by atoms with Crippen molar-refractivity contribution >= 4 is 17.7 Å². The highest BCUT2D eigenvalue weighted by molar-refractivity contribution is 5.88. The maximum absolute atomic E-state index is 12.1. The molecule has 8 heteroatoms. The quantitative estimate of drug-likeness (QED) is 0.882. The van der Waals surface area contributed by atoms with Crippen LogP contribution in [0.25, 0.3) is 0 Å². The van der Waals surface area contributed by atoms with E-state index in [0.29, 0.717) is 25.6 Å². The molecule has 0 aromatic carbocycles. The van der Waals surface area contributed by atoms with Gasteiger partial charge in [-0.3, -0.25) is 10.00 Å². The third-order valence-corrected chi connectivity index (χ3v) is 3.86. The Bertz CT molecular complexity index is 708. The largest absolute Gasteiger partial charge is 0.378 e. The molecule has 2 amide bonds. The Labute approximate surface area is 140 Å². The lowest BCUT2D eigenvalue weighted by atomic mass is 10.2. The molecule has 24 heavy (non-hydrogen) atoms. The predicted octanol–water partition coefficient (Wildman–Crippen LogP) is 1.28. The Morgan fingerprint density at radius 2 is 2.17 bits per heavy atom. The second kappa shape index (κ2) is 7.31. The van der Waals surface area contributed by atoms with Crippen LogP contribution in [0.4, 0.5) is 16.4 Å². The molecule has 3 heterocycles. The molecule has 0 radical (unpaired) electrons. The van der Waals surface area contributed by atoms with E-state index < -0.39 is 0 Å². The fourth-order valence-electron chi connectivity index (χ4n) is 2.69. The number of aromatic nitrogens is 3. The van der Waals surface area contributed by atoms with Crippen LogP contribution in [0.5, 0.6) is 0 Å². The van der Waals surface area contributed by atoms with E-state index in [0.717, 1.165) is 30.2 Å². The molecule has 1 aliphatic rings. The van der Waals surface area contributed by atoms with Crippen LogP contribution in [-0.2, 0) is 18.3 Å². The van der Waals surface area contributed by atoms with Crippen molar-refractivity contribution in [3.8, 4) is 0 Å². The van der Waals surface area contributed by atoms with Crippen LogP contribution in [0.2, 0.25) is 0 Å². The minimum atomic E-state index is -0.269. The Balaban J connectivity index is 1.62. The molecule has 3 rings (SSSR count). The standard InChI is InChI=1S/C16H22N6O2/c1-12-10-14(21(2)20-12)19-16(23)18-11-13-4-3-5-17-15(13)22-6-8-24-9-7-22/h3-5,10H,6-9,11H2,1-2H3,(H2,18,19,23). The zero-order chi connectivity index (χ0) is 16.9. The van der Waals surface area contributed by atoms with Crippen molar-refractivity contribution in [2.45, 2.75) is 13.5 Å². The number of hydrogen-bond acceptors (Lipinski definition) is 5. The predicted molar refractivity (Wildman–Crippen MR) is 91.1 cm³/mol. The molecule has 0 saturated carbocycles. The summed E-state index contributed by atoms with van der Waals surface area (Å²) in [4.78, 5) is 18.8. The fraction of sp³-hybridized carbons (Fsp3) is 0.438. The maximum atomic E-state index is 12.1. The number of carbonyl (C=O) groups excluding carboxylic acids is 1. The van der Waals surface area contributed by atoms with Gasteiger partial charge in [0.25, 0.3) is 0 Å². The van der Waals surface area contributed by atoms with Crippen LogP contribution in [0, 0.1) is 6.92 Å². The van der Waals surface area contributed by atoms with E-state index in [-0.39, 0.29) is 6.03 Å². The molecule has 2 aromatic rings. The molecule has 1 aliphatic heterocycles. The Morgan fingerprint density at radius 3 is 2.88 bits per heavy atom. The number of nitrogens with one attached hydrogen (secondary N) is 2. The van der Waals surface area contributed by atoms with Gasteiger partial charge >= 0.3 is 6.03 Å². The van der Waals surface area contributed by atoms with Gasteiger partial charge in [0.15, 0.2) is 0 Å². The molecule has 0 unspecified atom stereocenters. The summed E-state index contributed by atoms with van der Waals surface area (Å²) in [7, 11) is 1.79. The number of carbonyl (C=O) groups is 1. The second-order valence-corrected chi connectivity index (χ2v) is 5.69. The first kappa shape index (κ1) is 16.3. The lowest BCUT2D eigenvalue weighted by molar-refractivity contribution is 0.122. The third kappa shape index (κ3) is 3.83. The average Bonchev–Trinajstić information content (AvgIpc) is 2.91. The van der Waals surface area contributed by atoms with Crippen LogP contribution in [0.1, 0.15) is 11.3 Å². The summed E-state index contributed by atoms with van der Waals surface area (Å²) in [5, 5.41) is 9.87. The van der Waals surface area contributed by atoms with E-state index in [1.807, 2.05) is 25.1 Å². The number of ether oxygens (including phenoxy) is 1. The summed E-state index contributed by atoms with van der Waals surface area (Å²) in [5.74, 6) is 1.56. The molecule has 0 aliphatic carbocycles. The van der Waals surface area contributed by atoms with Crippen molar-refractivity contribution in [2.24, 2.45) is 7.05 Å². The smallest absolute Gasteiger partial charge is 0.320 e. The van der Waals surface area contributed by atoms with Gasteiger partial charge in [-0.05, 0) is 13.0 Å². The number of pyridine rings is 1. The van der Waals surface area contributed by atoms with Gasteiger partial charge in [-0.25, -0.2) is 9.78 Å². The Kier molecular flexibility index (Phi) is 4.95. The Hall–Kier alpha value is -2.61. The summed E-state index contributed by atoms with van der Waals surface area (Å²) in [6.07, 6.45) is 1.77. The minimum Gasteiger partial charge on any atom is -0.378 e. The number of hydrogen-bond donors (Lipinski definition) is 2. The van der Waals surface area contributed by atoms with Gasteiger partial charge < -0.3 is 15.0 Å². The number of amides is 2. The van der Waals surface area contributed by atoms with E-state index in [1.165, 1.54) is 0 Å². The summed E-state index contributed by atoms with van der Waals surface area (Å²) in [6.45, 7) is 5.30. The van der Waals surface area contributed by atoms with Gasteiger partial charge in [0.05, 0.1) is 18.9 Å². The number of urea groups is 1. The highest BCUT2D eigenvalue weighted by Gasteiger charge is 2.16. The van der Waals surface area contributed by atoms with Crippen LogP contribution >= 0.6 is 0 Å². The molecule has 1 saturated heterocycles. The van der Waals surface area contributed by atoms with Gasteiger partial charge in [-0.2, -0.15) is 5.10 Å². The van der Waals surface area contributed by atoms with E-state index in [1.54, 1.807) is 17.9 Å². The third-order valence-electron chi connectivity index (χ3n) is 3.86. The van der Waals surface area contributed by atoms with E-state index in [4.69, 9.17) is 4.74 Å². The Morgan fingerprint density at radius 1 is 1.38 bits per heavy atom. The SMILES string of the molecule is Cc1cc(NC(=O)NCc2cccnc2N2CCOCC2)n(C)n1. The van der Waals surface area contributed by atoms with Crippen LogP contribution < -0.4 is 15.5 Å². The molecule has 8 nitrogen and oxygen atoms in total. The molecule has 0 atom stereocenters. The topological polar surface area (TPSA) is 84.3 Å². The van der Waals surface area contributed by atoms with Gasteiger partial charge in [0.1, 0.15) is 11.6 Å². The van der Waals surface area contributed by atoms with Gasteiger partial charge in [-0.15, -0.1) is 0 Å². The fourth-order valence-corrected chi connectivity index (χ4v) is 2.69. The number of aryl methyl sites for hydroxylation is 2. The molecular weight excluding hydrogens is 308 g/mol. The highest BCUT2D eigenvalue weighted by Crippen LogP contribution is 2.18. The van der Waals surface area contributed by atoms with Crippen LogP contribution in [0.15, 0.2) is 24.4 Å². The highest BCUT2D eigenvalue weighted by atomic mass is 16.5. The van der Waals surface area contributed by atoms with Gasteiger partial charge in [0.2, 0.25) is 0 Å². The maximum Gasteiger partial charge on any atom is 0.320 e. The lowest BCUT2D eigenvalue weighted by Gasteiger charge is -2.29. The van der Waals surface area contributed by atoms with Crippen LogP contribution in [-0.4, -0.2) is 47.1 Å². The van der Waals surface area contributed by atoms with Gasteiger partial charge in [0, 0.05) is 44.5 Å². The molecule has 0 spiro atoms. The number of nitrogens with zero attached hydrogens (tertiary/aromatic N) is 4. The zero-order valence-corrected chi connectivity index (χ0v) is 14.0. The summed E-state index contributed by atoms with van der Waals surface area (Å²) in [5.41, 5.74) is 1.84. The summed E-state index contributed by atoms with van der Waals surface area (Å²) in [6, 6.07) is 5.41. The minimum absolute atomic E-state index is 0.269. The number of anilines is 2. The molecule has 2 aromatic heterocycles. The first-order chi connectivity index (χ1) is 11.6. The van der Waals surface area contributed by atoms with Crippen molar-refractivity contribution in [3.63, 3.8) is 0 Å². The molecule has 1 fully saturated rings. The first-order valence-corrected chi connectivity index (χ1v) is 7.95. The second-order valence-electron chi connectivity index (χ2n) is 5.69. The molecule has 128 valence electrons. The number of rotatable bonds is 4. The molecular formula is C16H22N6O2. The van der Waals surface area contributed by atoms with E-state index in [2.05, 4.69) is 25.6 Å². The van der Waals surface area contributed by atoms with E-state index >= 15 is 0 Å². The molecule has 0 bridgehead atoms. The molecule has 2 N–H and O–H groups in total. The van der Waals surface area contributed by atoms with Gasteiger partial charge in [-0.1, -0.05) is 6.07 Å². The number of morpholine rings is 1. The monoisotopic (exact) mass is 330 g/mol.